The third-order valence-electron chi connectivity index (χ3n) is 0.266. The first kappa shape index (κ1) is 6.79. The Morgan fingerprint density at radius 3 is 2.50 bits per heavy atom. The van der Waals surface area contributed by atoms with E-state index < -0.39 is 0 Å². The van der Waals surface area contributed by atoms with Gasteiger partial charge in [-0.25, -0.2) is 0 Å². The minimum absolute atomic E-state index is 1.55. The normalized spacial score (nSPS) is 5.33. The Morgan fingerprint density at radius 2 is 2.33 bits per heavy atom. The molecule has 0 unspecified atom stereocenters. The van der Waals surface area contributed by atoms with Crippen molar-refractivity contribution in [2.45, 2.75) is 0 Å². The summed E-state index contributed by atoms with van der Waals surface area (Å²) in [5.74, 6) is 0. The predicted molar refractivity (Wildman–Crippen MR) is 39.5 cm³/mol. The zero-order chi connectivity index (χ0) is 4.83. The SMILES string of the molecule is B=BB=BOI. The summed E-state index contributed by atoms with van der Waals surface area (Å²) in [6, 6.07) is 0. The molecule has 0 aliphatic rings. The van der Waals surface area contributed by atoms with Gasteiger partial charge in [-0.05, 0) is 0 Å². The summed E-state index contributed by atoms with van der Waals surface area (Å²) in [5.41, 5.74) is 0. The second kappa shape index (κ2) is 5.79. The van der Waals surface area contributed by atoms with E-state index in [2.05, 4.69) is 10.4 Å². The monoisotopic (exact) mass is 188 g/mol. The summed E-state index contributed by atoms with van der Waals surface area (Å²) in [5, 5.41) is 0. The van der Waals surface area contributed by atoms with Gasteiger partial charge in [0.2, 0.25) is 0 Å². The van der Waals surface area contributed by atoms with Crippen LogP contribution in [0.2, 0.25) is 0 Å². The fraction of sp³-hybridized carbons (Fsp3) is 0. The molecular weight excluding hydrogens is 186 g/mol. The van der Waals surface area contributed by atoms with E-state index in [0.29, 0.717) is 0 Å². The van der Waals surface area contributed by atoms with Crippen molar-refractivity contribution in [2.24, 2.45) is 0 Å². The first-order valence-electron chi connectivity index (χ1n) is 1.46. The van der Waals surface area contributed by atoms with Crippen LogP contribution in [0.3, 0.4) is 0 Å². The van der Waals surface area contributed by atoms with Gasteiger partial charge >= 0.3 is 53.7 Å². The zero-order valence-corrected chi connectivity index (χ0v) is 5.38. The molecule has 0 aliphatic heterocycles. The van der Waals surface area contributed by atoms with Gasteiger partial charge in [-0.15, -0.1) is 0 Å². The molecule has 0 aromatic rings. The van der Waals surface area contributed by atoms with Crippen LogP contribution in [0.15, 0.2) is 0 Å². The van der Waals surface area contributed by atoms with Crippen molar-refractivity contribution in [3.63, 3.8) is 0 Å². The number of hydrogen-bond acceptors (Lipinski definition) is 1. The van der Waals surface area contributed by atoms with E-state index in [1.807, 2.05) is 0 Å². The molecule has 0 saturated heterocycles. The van der Waals surface area contributed by atoms with E-state index in [1.54, 1.807) is 43.4 Å². The molecule has 0 heterocycles. The molecule has 1 nitrogen and oxygen atoms in total. The molecule has 0 radical (unpaired) electrons. The van der Waals surface area contributed by atoms with Crippen molar-refractivity contribution in [1.82, 2.24) is 0 Å². The number of hydrogen-bond donors (Lipinski definition) is 0. The Hall–Kier alpha value is 0.790. The topological polar surface area (TPSA) is 9.23 Å². The van der Waals surface area contributed by atoms with E-state index in [-0.39, 0.29) is 0 Å². The summed E-state index contributed by atoms with van der Waals surface area (Å²) in [4.78, 5) is 0. The Balaban J connectivity index is 2.94. The van der Waals surface area contributed by atoms with Crippen LogP contribution in [0.5, 0.6) is 0 Å². The summed E-state index contributed by atoms with van der Waals surface area (Å²) in [6.07, 6.45) is 0. The van der Waals surface area contributed by atoms with Gasteiger partial charge in [0.1, 0.15) is 0 Å². The van der Waals surface area contributed by atoms with Gasteiger partial charge in [-0.3, -0.25) is 0 Å². The first-order chi connectivity index (χ1) is 2.91. The zero-order valence-electron chi connectivity index (χ0n) is 3.23. The second-order valence-electron chi connectivity index (χ2n) is 0.653. The molecule has 6 heteroatoms. The Kier molecular flexibility index (Phi) is 6.55. The van der Waals surface area contributed by atoms with E-state index in [1.165, 1.54) is 0 Å². The predicted octanol–water partition coefficient (Wildman–Crippen LogP) is -0.974. The summed E-state index contributed by atoms with van der Waals surface area (Å²) in [7, 11) is 4.98. The molecule has 0 amide bonds. The Bertz CT molecular complexity index is 58.6. The molecule has 0 aliphatic carbocycles. The summed E-state index contributed by atoms with van der Waals surface area (Å²) >= 11 is 1.78. The molecule has 0 N–H and O–H groups in total. The van der Waals surface area contributed by atoms with Crippen LogP contribution in [-0.4, -0.2) is 27.8 Å². The average Bonchev–Trinajstić information content (AvgIpc) is 1.61. The van der Waals surface area contributed by atoms with Crippen molar-refractivity contribution in [1.29, 1.82) is 0 Å². The first-order valence-corrected chi connectivity index (χ1v) is 2.35. The molecule has 0 aromatic heterocycles. The van der Waals surface area contributed by atoms with Crippen molar-refractivity contribution in [3.05, 3.63) is 0 Å². The molecular formula is HB4IO. The molecule has 0 bridgehead atoms. The van der Waals surface area contributed by atoms with Gasteiger partial charge in [0, 0.05) is 0 Å². The van der Waals surface area contributed by atoms with E-state index in [0.717, 1.165) is 0 Å². The standard InChI is InChI=1S/B4HIO/c1-2-3-4-6-5/h1H. The maximum absolute atomic E-state index is 4.50. The summed E-state index contributed by atoms with van der Waals surface area (Å²) < 4.78 is 4.50. The van der Waals surface area contributed by atoms with Crippen LogP contribution in [0.1, 0.15) is 0 Å². The third kappa shape index (κ3) is 4.79. The molecule has 6 heavy (non-hydrogen) atoms. The van der Waals surface area contributed by atoms with Crippen LogP contribution >= 0.6 is 23.0 Å². The second-order valence-corrected chi connectivity index (χ2v) is 1.16. The molecule has 0 saturated carbocycles. The van der Waals surface area contributed by atoms with Crippen molar-refractivity contribution >= 4 is 50.8 Å². The van der Waals surface area contributed by atoms with Crippen LogP contribution in [0, 0.1) is 0 Å². The Morgan fingerprint density at radius 1 is 1.67 bits per heavy atom. The van der Waals surface area contributed by atoms with Crippen LogP contribution in [-0.2, 0) is 2.98 Å². The molecule has 0 aromatic carbocycles. The molecule has 0 fully saturated rings. The van der Waals surface area contributed by atoms with Gasteiger partial charge in [0.15, 0.2) is 0 Å². The van der Waals surface area contributed by atoms with Crippen LogP contribution in [0.4, 0.5) is 0 Å². The average molecular weight is 187 g/mol. The molecule has 0 atom stereocenters. The van der Waals surface area contributed by atoms with E-state index in [9.17, 15) is 0 Å². The van der Waals surface area contributed by atoms with Crippen molar-refractivity contribution in [2.75, 3.05) is 0 Å². The molecule has 0 spiro atoms. The van der Waals surface area contributed by atoms with Gasteiger partial charge < -0.3 is 0 Å². The Labute approximate surface area is 53.9 Å². The maximum atomic E-state index is 4.50. The van der Waals surface area contributed by atoms with Crippen molar-refractivity contribution in [3.8, 4) is 0 Å². The van der Waals surface area contributed by atoms with Gasteiger partial charge in [-0.2, -0.15) is 0 Å². The fourth-order valence-electron chi connectivity index (χ4n) is 0.0853. The number of halogens is 1. The van der Waals surface area contributed by atoms with Crippen molar-refractivity contribution < 1.29 is 2.98 Å². The summed E-state index contributed by atoms with van der Waals surface area (Å²) in [6.45, 7) is 3.37. The minimum atomic E-state index is 1.55. The van der Waals surface area contributed by atoms with Crippen LogP contribution in [0.25, 0.3) is 0 Å². The third-order valence-corrected chi connectivity index (χ3v) is 0.560. The van der Waals surface area contributed by atoms with E-state index in [4.69, 9.17) is 0 Å². The van der Waals surface area contributed by atoms with Gasteiger partial charge in [0.05, 0.1) is 0 Å². The fourth-order valence-corrected chi connectivity index (χ4v) is 0.255. The molecule has 26 valence electrons. The van der Waals surface area contributed by atoms with Gasteiger partial charge in [0.25, 0.3) is 0 Å². The quantitative estimate of drug-likeness (QED) is 0.399. The van der Waals surface area contributed by atoms with E-state index >= 15 is 0 Å². The number of rotatable bonds is 2. The molecule has 0 rings (SSSR count). The van der Waals surface area contributed by atoms with Crippen LogP contribution < -0.4 is 0 Å². The van der Waals surface area contributed by atoms with Gasteiger partial charge in [-0.1, -0.05) is 0 Å².